The molecule has 5 heteroatoms. The van der Waals surface area contributed by atoms with Gasteiger partial charge >= 0.3 is 0 Å². The monoisotopic (exact) mass is 359 g/mol. The van der Waals surface area contributed by atoms with Crippen LogP contribution in [-0.2, 0) is 17.9 Å². The fourth-order valence-electron chi connectivity index (χ4n) is 3.18. The van der Waals surface area contributed by atoms with Gasteiger partial charge in [0.15, 0.2) is 0 Å². The second-order valence-corrected chi connectivity index (χ2v) is 6.55. The third kappa shape index (κ3) is 4.33. The molecule has 1 aliphatic rings. The van der Waals surface area contributed by atoms with Crippen LogP contribution in [-0.4, -0.2) is 22.3 Å². The maximum absolute atomic E-state index is 11.9. The Labute approximate surface area is 158 Å². The van der Waals surface area contributed by atoms with E-state index in [0.717, 1.165) is 22.6 Å². The lowest BCUT2D eigenvalue weighted by Gasteiger charge is -2.22. The SMILES string of the molecule is O=C1CN(Cc2ccc(OCc3ccccc3)cc2)[C@H](c2ccccn2)N1. The predicted octanol–water partition coefficient (Wildman–Crippen LogP) is 3.29. The molecule has 1 aliphatic heterocycles. The van der Waals surface area contributed by atoms with Gasteiger partial charge in [0, 0.05) is 12.7 Å². The summed E-state index contributed by atoms with van der Waals surface area (Å²) in [6.07, 6.45) is 1.56. The van der Waals surface area contributed by atoms with Gasteiger partial charge in [0.2, 0.25) is 5.91 Å². The molecule has 0 saturated carbocycles. The van der Waals surface area contributed by atoms with E-state index in [9.17, 15) is 4.79 Å². The zero-order chi connectivity index (χ0) is 18.5. The van der Waals surface area contributed by atoms with E-state index in [1.54, 1.807) is 6.20 Å². The van der Waals surface area contributed by atoms with Gasteiger partial charge in [-0.1, -0.05) is 48.5 Å². The van der Waals surface area contributed by atoms with E-state index in [4.69, 9.17) is 4.74 Å². The van der Waals surface area contributed by atoms with Crippen molar-refractivity contribution in [2.75, 3.05) is 6.54 Å². The Hall–Kier alpha value is -3.18. The van der Waals surface area contributed by atoms with Crippen molar-refractivity contribution in [2.24, 2.45) is 0 Å². The lowest BCUT2D eigenvalue weighted by Crippen LogP contribution is -2.28. The fourth-order valence-corrected chi connectivity index (χ4v) is 3.18. The summed E-state index contributed by atoms with van der Waals surface area (Å²) in [5, 5.41) is 2.99. The highest BCUT2D eigenvalue weighted by atomic mass is 16.5. The molecule has 1 N–H and O–H groups in total. The van der Waals surface area contributed by atoms with Crippen molar-refractivity contribution in [2.45, 2.75) is 19.3 Å². The lowest BCUT2D eigenvalue weighted by molar-refractivity contribution is -0.118. The highest BCUT2D eigenvalue weighted by molar-refractivity contribution is 5.80. The molecule has 27 heavy (non-hydrogen) atoms. The second kappa shape index (κ2) is 8.01. The van der Waals surface area contributed by atoms with Crippen LogP contribution in [0.5, 0.6) is 5.75 Å². The van der Waals surface area contributed by atoms with Crippen LogP contribution in [0.25, 0.3) is 0 Å². The summed E-state index contributed by atoms with van der Waals surface area (Å²) >= 11 is 0. The zero-order valence-electron chi connectivity index (χ0n) is 14.9. The van der Waals surface area contributed by atoms with Crippen molar-refractivity contribution >= 4 is 5.91 Å². The number of benzene rings is 2. The summed E-state index contributed by atoms with van der Waals surface area (Å²) in [7, 11) is 0. The standard InChI is InChI=1S/C22H21N3O2/c26-21-15-25(22(24-21)20-8-4-5-13-23-20)14-17-9-11-19(12-10-17)27-16-18-6-2-1-3-7-18/h1-13,22H,14-16H2,(H,24,26)/t22-/m1/s1. The summed E-state index contributed by atoms with van der Waals surface area (Å²) in [6.45, 7) is 1.58. The second-order valence-electron chi connectivity index (χ2n) is 6.55. The highest BCUT2D eigenvalue weighted by Crippen LogP contribution is 2.23. The molecule has 1 atom stereocenters. The number of rotatable bonds is 6. The molecule has 1 aromatic heterocycles. The minimum atomic E-state index is -0.187. The number of amides is 1. The predicted molar refractivity (Wildman–Crippen MR) is 103 cm³/mol. The first kappa shape index (κ1) is 17.2. The first-order valence-corrected chi connectivity index (χ1v) is 8.98. The Bertz CT molecular complexity index is 882. The first-order chi connectivity index (χ1) is 13.3. The summed E-state index contributed by atoms with van der Waals surface area (Å²) in [5.74, 6) is 0.855. The van der Waals surface area contributed by atoms with Crippen molar-refractivity contribution in [3.05, 3.63) is 95.8 Å². The van der Waals surface area contributed by atoms with Gasteiger partial charge in [-0.25, -0.2) is 0 Å². The third-order valence-electron chi connectivity index (χ3n) is 4.53. The number of ether oxygens (including phenoxy) is 1. The number of carbonyl (C=O) groups is 1. The lowest BCUT2D eigenvalue weighted by atomic mass is 10.2. The number of pyridine rings is 1. The van der Waals surface area contributed by atoms with Crippen LogP contribution in [0.4, 0.5) is 0 Å². The number of carbonyl (C=O) groups excluding carboxylic acids is 1. The Morgan fingerprint density at radius 2 is 1.74 bits per heavy atom. The minimum absolute atomic E-state index is 0.0217. The molecule has 4 rings (SSSR count). The molecule has 0 unspecified atom stereocenters. The van der Waals surface area contributed by atoms with E-state index in [-0.39, 0.29) is 12.1 Å². The summed E-state index contributed by atoms with van der Waals surface area (Å²) in [5.41, 5.74) is 3.12. The summed E-state index contributed by atoms with van der Waals surface area (Å²) in [6, 6.07) is 23.9. The molecular formula is C22H21N3O2. The van der Waals surface area contributed by atoms with Crippen LogP contribution in [0.3, 0.4) is 0 Å². The molecule has 5 nitrogen and oxygen atoms in total. The molecule has 2 aromatic carbocycles. The molecular weight excluding hydrogens is 338 g/mol. The number of nitrogens with one attached hydrogen (secondary N) is 1. The zero-order valence-corrected chi connectivity index (χ0v) is 14.9. The maximum Gasteiger partial charge on any atom is 0.235 e. The van der Waals surface area contributed by atoms with Crippen molar-refractivity contribution in [1.29, 1.82) is 0 Å². The Morgan fingerprint density at radius 3 is 2.48 bits per heavy atom. The van der Waals surface area contributed by atoms with E-state index >= 15 is 0 Å². The average molecular weight is 359 g/mol. The molecule has 3 aromatic rings. The molecule has 0 spiro atoms. The van der Waals surface area contributed by atoms with E-state index in [1.807, 2.05) is 72.8 Å². The van der Waals surface area contributed by atoms with Crippen molar-refractivity contribution in [3.8, 4) is 5.75 Å². The van der Waals surface area contributed by atoms with E-state index in [0.29, 0.717) is 19.7 Å². The number of nitrogens with zero attached hydrogens (tertiary/aromatic N) is 2. The van der Waals surface area contributed by atoms with Crippen LogP contribution in [0.1, 0.15) is 23.0 Å². The minimum Gasteiger partial charge on any atom is -0.489 e. The molecule has 1 fully saturated rings. The van der Waals surface area contributed by atoms with Crippen molar-refractivity contribution in [3.63, 3.8) is 0 Å². The Kier molecular flexibility index (Phi) is 5.12. The molecule has 2 heterocycles. The smallest absolute Gasteiger partial charge is 0.235 e. The number of hydrogen-bond donors (Lipinski definition) is 1. The van der Waals surface area contributed by atoms with Gasteiger partial charge in [0.25, 0.3) is 0 Å². The largest absolute Gasteiger partial charge is 0.489 e. The topological polar surface area (TPSA) is 54.5 Å². The Morgan fingerprint density at radius 1 is 0.963 bits per heavy atom. The average Bonchev–Trinajstić information content (AvgIpc) is 3.09. The van der Waals surface area contributed by atoms with E-state index in [1.165, 1.54) is 0 Å². The quantitative estimate of drug-likeness (QED) is 0.734. The van der Waals surface area contributed by atoms with Crippen LogP contribution in [0.2, 0.25) is 0 Å². The van der Waals surface area contributed by atoms with Gasteiger partial charge in [-0.15, -0.1) is 0 Å². The van der Waals surface area contributed by atoms with Gasteiger partial charge in [0.05, 0.1) is 12.2 Å². The normalized spacial score (nSPS) is 16.9. The number of aromatic nitrogens is 1. The molecule has 0 aliphatic carbocycles. The molecule has 1 amide bonds. The third-order valence-corrected chi connectivity index (χ3v) is 4.53. The van der Waals surface area contributed by atoms with Crippen molar-refractivity contribution < 1.29 is 9.53 Å². The fraction of sp³-hybridized carbons (Fsp3) is 0.182. The van der Waals surface area contributed by atoms with Crippen LogP contribution in [0, 0.1) is 0 Å². The van der Waals surface area contributed by atoms with E-state index < -0.39 is 0 Å². The van der Waals surface area contributed by atoms with Gasteiger partial charge in [-0.3, -0.25) is 14.7 Å². The van der Waals surface area contributed by atoms with Gasteiger partial charge in [0.1, 0.15) is 18.5 Å². The van der Waals surface area contributed by atoms with Gasteiger partial charge in [-0.2, -0.15) is 0 Å². The van der Waals surface area contributed by atoms with Gasteiger partial charge in [-0.05, 0) is 35.4 Å². The molecule has 1 saturated heterocycles. The Balaban J connectivity index is 1.39. The van der Waals surface area contributed by atoms with Crippen LogP contribution in [0.15, 0.2) is 79.0 Å². The van der Waals surface area contributed by atoms with Crippen molar-refractivity contribution in [1.82, 2.24) is 15.2 Å². The van der Waals surface area contributed by atoms with Crippen LogP contribution >= 0.6 is 0 Å². The molecule has 136 valence electrons. The molecule has 0 radical (unpaired) electrons. The highest BCUT2D eigenvalue weighted by Gasteiger charge is 2.31. The first-order valence-electron chi connectivity index (χ1n) is 8.98. The summed E-state index contributed by atoms with van der Waals surface area (Å²) < 4.78 is 5.83. The summed E-state index contributed by atoms with van der Waals surface area (Å²) in [4.78, 5) is 18.4. The molecule has 0 bridgehead atoms. The maximum atomic E-state index is 11.9. The van der Waals surface area contributed by atoms with Crippen LogP contribution < -0.4 is 10.1 Å². The van der Waals surface area contributed by atoms with E-state index in [2.05, 4.69) is 15.2 Å². The van der Waals surface area contributed by atoms with Gasteiger partial charge < -0.3 is 10.1 Å². The number of hydrogen-bond acceptors (Lipinski definition) is 4.